The Labute approximate surface area is 85.9 Å². The van der Waals surface area contributed by atoms with E-state index in [4.69, 9.17) is 11.6 Å². The molecule has 0 saturated carbocycles. The molecule has 0 aliphatic rings. The molecule has 72 valence electrons. The fourth-order valence-electron chi connectivity index (χ4n) is 1.43. The largest absolute Gasteiger partial charge is 0.127 e. The Kier molecular flexibility index (Phi) is 4.92. The van der Waals surface area contributed by atoms with E-state index in [2.05, 4.69) is 31.2 Å². The second-order valence-electron chi connectivity index (χ2n) is 3.36. The number of aryl methyl sites for hydroxylation is 2. The molecule has 1 rings (SSSR count). The lowest BCUT2D eigenvalue weighted by atomic mass is 10.1. The maximum absolute atomic E-state index is 5.63. The lowest BCUT2D eigenvalue weighted by molar-refractivity contribution is 0.907. The minimum atomic E-state index is 0.761. The molecule has 0 atom stereocenters. The summed E-state index contributed by atoms with van der Waals surface area (Å²) in [4.78, 5) is 0. The zero-order valence-corrected chi connectivity index (χ0v) is 8.98. The van der Waals surface area contributed by atoms with Crippen LogP contribution in [0.2, 0.25) is 0 Å². The first-order chi connectivity index (χ1) is 6.36. The van der Waals surface area contributed by atoms with Crippen LogP contribution in [-0.4, -0.2) is 5.88 Å². The zero-order valence-electron chi connectivity index (χ0n) is 8.22. The van der Waals surface area contributed by atoms with Gasteiger partial charge in [-0.25, -0.2) is 0 Å². The fourth-order valence-corrected chi connectivity index (χ4v) is 1.57. The van der Waals surface area contributed by atoms with Gasteiger partial charge in [0.05, 0.1) is 0 Å². The molecule has 0 amide bonds. The summed E-state index contributed by atoms with van der Waals surface area (Å²) in [6, 6.07) is 8.90. The highest BCUT2D eigenvalue weighted by molar-refractivity contribution is 6.17. The summed E-state index contributed by atoms with van der Waals surface area (Å²) >= 11 is 5.63. The molecule has 0 N–H and O–H groups in total. The monoisotopic (exact) mass is 196 g/mol. The van der Waals surface area contributed by atoms with Crippen LogP contribution in [-0.2, 0) is 12.8 Å². The molecule has 0 aliphatic heterocycles. The quantitative estimate of drug-likeness (QED) is 0.629. The topological polar surface area (TPSA) is 0 Å². The Morgan fingerprint density at radius 2 is 1.54 bits per heavy atom. The van der Waals surface area contributed by atoms with Crippen molar-refractivity contribution in [2.24, 2.45) is 0 Å². The maximum Gasteiger partial charge on any atom is 0.0226 e. The standard InChI is InChI=1S/C12H17Cl/c1-2-4-11-6-8-12(9-7-11)5-3-10-13/h6-9H,2-5,10H2,1H3. The van der Waals surface area contributed by atoms with Gasteiger partial charge >= 0.3 is 0 Å². The van der Waals surface area contributed by atoms with E-state index in [0.717, 1.165) is 18.7 Å². The van der Waals surface area contributed by atoms with Gasteiger partial charge in [0.15, 0.2) is 0 Å². The summed E-state index contributed by atoms with van der Waals surface area (Å²) in [6.07, 6.45) is 4.60. The van der Waals surface area contributed by atoms with Crippen molar-refractivity contribution >= 4 is 11.6 Å². The number of rotatable bonds is 5. The minimum Gasteiger partial charge on any atom is -0.127 e. The van der Waals surface area contributed by atoms with Crippen molar-refractivity contribution in [1.82, 2.24) is 0 Å². The Morgan fingerprint density at radius 3 is 2.00 bits per heavy atom. The van der Waals surface area contributed by atoms with Crippen LogP contribution in [0.4, 0.5) is 0 Å². The van der Waals surface area contributed by atoms with E-state index in [-0.39, 0.29) is 0 Å². The number of halogens is 1. The van der Waals surface area contributed by atoms with Gasteiger partial charge in [0.1, 0.15) is 0 Å². The van der Waals surface area contributed by atoms with Gasteiger partial charge in [0.2, 0.25) is 0 Å². The van der Waals surface area contributed by atoms with E-state index >= 15 is 0 Å². The highest BCUT2D eigenvalue weighted by atomic mass is 35.5. The van der Waals surface area contributed by atoms with Crippen LogP contribution in [0, 0.1) is 0 Å². The average Bonchev–Trinajstić information content (AvgIpc) is 2.17. The molecule has 1 heteroatoms. The van der Waals surface area contributed by atoms with Crippen LogP contribution in [0.15, 0.2) is 24.3 Å². The van der Waals surface area contributed by atoms with E-state index in [1.165, 1.54) is 24.0 Å². The zero-order chi connectivity index (χ0) is 9.52. The molecule has 0 radical (unpaired) electrons. The summed E-state index contributed by atoms with van der Waals surface area (Å²) in [5.74, 6) is 0.761. The molecule has 0 bridgehead atoms. The highest BCUT2D eigenvalue weighted by Crippen LogP contribution is 2.08. The average molecular weight is 197 g/mol. The van der Waals surface area contributed by atoms with Gasteiger partial charge in [-0.15, -0.1) is 11.6 Å². The summed E-state index contributed by atoms with van der Waals surface area (Å²) in [6.45, 7) is 2.21. The third kappa shape index (κ3) is 3.82. The van der Waals surface area contributed by atoms with E-state index in [0.29, 0.717) is 0 Å². The third-order valence-corrected chi connectivity index (χ3v) is 2.43. The van der Waals surface area contributed by atoms with Gasteiger partial charge in [-0.1, -0.05) is 37.6 Å². The van der Waals surface area contributed by atoms with Crippen molar-refractivity contribution < 1.29 is 0 Å². The second-order valence-corrected chi connectivity index (χ2v) is 3.74. The van der Waals surface area contributed by atoms with Crippen molar-refractivity contribution in [3.63, 3.8) is 0 Å². The van der Waals surface area contributed by atoms with Crippen molar-refractivity contribution in [1.29, 1.82) is 0 Å². The lowest BCUT2D eigenvalue weighted by Crippen LogP contribution is -1.88. The first-order valence-electron chi connectivity index (χ1n) is 5.00. The fraction of sp³-hybridized carbons (Fsp3) is 0.500. The number of benzene rings is 1. The van der Waals surface area contributed by atoms with Crippen molar-refractivity contribution in [2.45, 2.75) is 32.6 Å². The van der Waals surface area contributed by atoms with Crippen molar-refractivity contribution in [2.75, 3.05) is 5.88 Å². The van der Waals surface area contributed by atoms with Gasteiger partial charge in [-0.2, -0.15) is 0 Å². The third-order valence-electron chi connectivity index (χ3n) is 2.16. The summed E-state index contributed by atoms with van der Waals surface area (Å²) in [7, 11) is 0. The molecular weight excluding hydrogens is 180 g/mol. The lowest BCUT2D eigenvalue weighted by Gasteiger charge is -2.01. The van der Waals surface area contributed by atoms with Crippen molar-refractivity contribution in [3.8, 4) is 0 Å². The van der Waals surface area contributed by atoms with Gasteiger partial charge in [-0.05, 0) is 30.4 Å². The molecule has 0 aliphatic carbocycles. The molecule has 0 saturated heterocycles. The van der Waals surface area contributed by atoms with Crippen LogP contribution in [0.3, 0.4) is 0 Å². The predicted molar refractivity (Wildman–Crippen MR) is 59.5 cm³/mol. The first-order valence-corrected chi connectivity index (χ1v) is 5.54. The molecule has 0 spiro atoms. The Hall–Kier alpha value is -0.490. The number of hydrogen-bond donors (Lipinski definition) is 0. The second kappa shape index (κ2) is 6.04. The SMILES string of the molecule is CCCc1ccc(CCCCl)cc1. The van der Waals surface area contributed by atoms with Gasteiger partial charge < -0.3 is 0 Å². The van der Waals surface area contributed by atoms with E-state index < -0.39 is 0 Å². The smallest absolute Gasteiger partial charge is 0.0226 e. The molecular formula is C12H17Cl. The molecule has 13 heavy (non-hydrogen) atoms. The molecule has 1 aromatic rings. The minimum absolute atomic E-state index is 0.761. The van der Waals surface area contributed by atoms with Gasteiger partial charge in [0.25, 0.3) is 0 Å². The Morgan fingerprint density at radius 1 is 1.00 bits per heavy atom. The summed E-state index contributed by atoms with van der Waals surface area (Å²) in [5.41, 5.74) is 2.85. The molecule has 0 unspecified atom stereocenters. The number of hydrogen-bond acceptors (Lipinski definition) is 0. The van der Waals surface area contributed by atoms with Crippen LogP contribution >= 0.6 is 11.6 Å². The van der Waals surface area contributed by atoms with Gasteiger partial charge in [-0.3, -0.25) is 0 Å². The van der Waals surface area contributed by atoms with Crippen LogP contribution in [0.5, 0.6) is 0 Å². The molecule has 0 aromatic heterocycles. The Balaban J connectivity index is 2.48. The normalized spacial score (nSPS) is 10.3. The van der Waals surface area contributed by atoms with Gasteiger partial charge in [0, 0.05) is 5.88 Å². The molecule has 0 heterocycles. The van der Waals surface area contributed by atoms with E-state index in [1.54, 1.807) is 0 Å². The molecule has 0 nitrogen and oxygen atoms in total. The van der Waals surface area contributed by atoms with E-state index in [1.807, 2.05) is 0 Å². The molecule has 1 aromatic carbocycles. The summed E-state index contributed by atoms with van der Waals surface area (Å²) < 4.78 is 0. The predicted octanol–water partition coefficient (Wildman–Crippen LogP) is 3.81. The van der Waals surface area contributed by atoms with E-state index in [9.17, 15) is 0 Å². The molecule has 0 fully saturated rings. The van der Waals surface area contributed by atoms with Crippen LogP contribution in [0.25, 0.3) is 0 Å². The maximum atomic E-state index is 5.63. The summed E-state index contributed by atoms with van der Waals surface area (Å²) in [5, 5.41) is 0. The Bertz CT molecular complexity index is 225. The van der Waals surface area contributed by atoms with Crippen LogP contribution < -0.4 is 0 Å². The van der Waals surface area contributed by atoms with Crippen molar-refractivity contribution in [3.05, 3.63) is 35.4 Å². The van der Waals surface area contributed by atoms with Crippen LogP contribution in [0.1, 0.15) is 30.9 Å². The first kappa shape index (κ1) is 10.6. The number of alkyl halides is 1. The highest BCUT2D eigenvalue weighted by Gasteiger charge is 1.93.